The van der Waals surface area contributed by atoms with E-state index in [1.807, 2.05) is 31.2 Å². The number of aryl methyl sites for hydroxylation is 1. The van der Waals surface area contributed by atoms with Gasteiger partial charge in [-0.05, 0) is 18.9 Å². The van der Waals surface area contributed by atoms with Crippen molar-refractivity contribution in [2.24, 2.45) is 0 Å². The lowest BCUT2D eigenvalue weighted by atomic mass is 10.1. The Morgan fingerprint density at radius 1 is 1.40 bits per heavy atom. The summed E-state index contributed by atoms with van der Waals surface area (Å²) in [5, 5.41) is 1.78. The van der Waals surface area contributed by atoms with Crippen LogP contribution < -0.4 is 5.32 Å². The van der Waals surface area contributed by atoms with E-state index in [-0.39, 0.29) is 16.4 Å². The standard InChI is InChI=1S/C11H11NO2S/c1-7-3-2-4-8(5-7)6-9-10(13)12-11(14)15-9/h2-5,9H,6H2,1H3,(H,12,13,14). The van der Waals surface area contributed by atoms with Gasteiger partial charge in [0.2, 0.25) is 5.91 Å². The summed E-state index contributed by atoms with van der Waals surface area (Å²) in [4.78, 5) is 22.3. The fourth-order valence-corrected chi connectivity index (χ4v) is 2.44. The second-order valence-corrected chi connectivity index (χ2v) is 4.75. The Morgan fingerprint density at radius 2 is 2.20 bits per heavy atom. The van der Waals surface area contributed by atoms with Crippen molar-refractivity contribution in [1.82, 2.24) is 5.32 Å². The Kier molecular flexibility index (Phi) is 2.77. The lowest BCUT2D eigenvalue weighted by Gasteiger charge is -2.05. The van der Waals surface area contributed by atoms with Crippen LogP contribution in [0.1, 0.15) is 11.1 Å². The molecule has 1 N–H and O–H groups in total. The molecule has 0 saturated carbocycles. The molecule has 4 heteroatoms. The highest BCUT2D eigenvalue weighted by Crippen LogP contribution is 2.22. The third kappa shape index (κ3) is 2.39. The van der Waals surface area contributed by atoms with Crippen LogP contribution in [0.15, 0.2) is 24.3 Å². The van der Waals surface area contributed by atoms with Crippen LogP contribution in [-0.4, -0.2) is 16.4 Å². The Labute approximate surface area is 92.2 Å². The normalized spacial score (nSPS) is 20.5. The van der Waals surface area contributed by atoms with Gasteiger partial charge in [-0.2, -0.15) is 0 Å². The zero-order valence-electron chi connectivity index (χ0n) is 8.32. The first-order chi connectivity index (χ1) is 7.15. The minimum Gasteiger partial charge on any atom is -0.286 e. The van der Waals surface area contributed by atoms with E-state index in [2.05, 4.69) is 5.32 Å². The van der Waals surface area contributed by atoms with E-state index in [0.29, 0.717) is 6.42 Å². The monoisotopic (exact) mass is 221 g/mol. The van der Waals surface area contributed by atoms with E-state index in [9.17, 15) is 9.59 Å². The quantitative estimate of drug-likeness (QED) is 0.829. The molecule has 0 radical (unpaired) electrons. The van der Waals surface area contributed by atoms with Gasteiger partial charge >= 0.3 is 0 Å². The number of benzene rings is 1. The van der Waals surface area contributed by atoms with Crippen molar-refractivity contribution >= 4 is 22.9 Å². The predicted octanol–water partition coefficient (Wildman–Crippen LogP) is 1.89. The molecule has 1 atom stereocenters. The average Bonchev–Trinajstić information content (AvgIpc) is 2.45. The van der Waals surface area contributed by atoms with Crippen molar-refractivity contribution in [3.63, 3.8) is 0 Å². The van der Waals surface area contributed by atoms with Gasteiger partial charge in [0.15, 0.2) is 0 Å². The van der Waals surface area contributed by atoms with Crippen LogP contribution >= 0.6 is 11.8 Å². The highest BCUT2D eigenvalue weighted by atomic mass is 32.2. The number of carbonyl (C=O) groups is 2. The smallest absolute Gasteiger partial charge is 0.286 e. The molecule has 1 saturated heterocycles. The number of imide groups is 1. The molecule has 1 aliphatic rings. The molecule has 1 aromatic carbocycles. The molecule has 1 unspecified atom stereocenters. The lowest BCUT2D eigenvalue weighted by Crippen LogP contribution is -2.25. The molecule has 0 spiro atoms. The van der Waals surface area contributed by atoms with Crippen LogP contribution in [0.4, 0.5) is 4.79 Å². The first-order valence-electron chi connectivity index (χ1n) is 4.72. The van der Waals surface area contributed by atoms with Crippen molar-refractivity contribution in [3.05, 3.63) is 35.4 Å². The van der Waals surface area contributed by atoms with Crippen molar-refractivity contribution in [1.29, 1.82) is 0 Å². The second kappa shape index (κ2) is 4.06. The van der Waals surface area contributed by atoms with Gasteiger partial charge in [-0.15, -0.1) is 0 Å². The van der Waals surface area contributed by atoms with Crippen molar-refractivity contribution in [2.75, 3.05) is 0 Å². The zero-order chi connectivity index (χ0) is 10.8. The number of nitrogens with one attached hydrogen (secondary N) is 1. The van der Waals surface area contributed by atoms with E-state index >= 15 is 0 Å². The van der Waals surface area contributed by atoms with Crippen LogP contribution in [0.25, 0.3) is 0 Å². The number of carbonyl (C=O) groups excluding carboxylic acids is 2. The number of hydrogen-bond acceptors (Lipinski definition) is 3. The molecule has 1 heterocycles. The fraction of sp³-hybridized carbons (Fsp3) is 0.273. The summed E-state index contributed by atoms with van der Waals surface area (Å²) in [6, 6.07) is 7.99. The molecule has 15 heavy (non-hydrogen) atoms. The maximum absolute atomic E-state index is 11.3. The van der Waals surface area contributed by atoms with E-state index < -0.39 is 0 Å². The molecule has 2 amide bonds. The van der Waals surface area contributed by atoms with Crippen LogP contribution in [0.3, 0.4) is 0 Å². The largest absolute Gasteiger partial charge is 0.286 e. The first kappa shape index (κ1) is 10.2. The topological polar surface area (TPSA) is 46.2 Å². The highest BCUT2D eigenvalue weighted by Gasteiger charge is 2.31. The Balaban J connectivity index is 2.09. The molecule has 0 bridgehead atoms. The Hall–Kier alpha value is -1.29. The maximum Gasteiger partial charge on any atom is 0.286 e. The number of thioether (sulfide) groups is 1. The molecule has 3 nitrogen and oxygen atoms in total. The van der Waals surface area contributed by atoms with Crippen molar-refractivity contribution in [2.45, 2.75) is 18.6 Å². The van der Waals surface area contributed by atoms with E-state index in [1.54, 1.807) is 0 Å². The fourth-order valence-electron chi connectivity index (χ4n) is 1.58. The molecule has 0 aromatic heterocycles. The van der Waals surface area contributed by atoms with Gasteiger partial charge in [-0.3, -0.25) is 14.9 Å². The van der Waals surface area contributed by atoms with Crippen LogP contribution in [-0.2, 0) is 11.2 Å². The minimum absolute atomic E-state index is 0.175. The summed E-state index contributed by atoms with van der Waals surface area (Å²) in [5.74, 6) is -0.175. The first-order valence-corrected chi connectivity index (χ1v) is 5.60. The number of amides is 2. The van der Waals surface area contributed by atoms with Gasteiger partial charge in [0, 0.05) is 0 Å². The summed E-state index contributed by atoms with van der Waals surface area (Å²) in [6.07, 6.45) is 0.615. The van der Waals surface area contributed by atoms with Crippen LogP contribution in [0, 0.1) is 6.92 Å². The van der Waals surface area contributed by atoms with Gasteiger partial charge in [-0.25, -0.2) is 0 Å². The SMILES string of the molecule is Cc1cccc(CC2SC(=O)NC2=O)c1. The lowest BCUT2D eigenvalue weighted by molar-refractivity contribution is -0.118. The number of rotatable bonds is 2. The average molecular weight is 221 g/mol. The van der Waals surface area contributed by atoms with E-state index in [4.69, 9.17) is 0 Å². The Morgan fingerprint density at radius 3 is 2.80 bits per heavy atom. The molecule has 78 valence electrons. The highest BCUT2D eigenvalue weighted by molar-refractivity contribution is 8.15. The van der Waals surface area contributed by atoms with Gasteiger partial charge in [0.05, 0.1) is 5.25 Å². The molecule has 1 aromatic rings. The van der Waals surface area contributed by atoms with E-state index in [1.165, 1.54) is 5.56 Å². The zero-order valence-corrected chi connectivity index (χ0v) is 9.14. The molecule has 1 fully saturated rings. The van der Waals surface area contributed by atoms with Crippen LogP contribution in [0.2, 0.25) is 0 Å². The molecular formula is C11H11NO2S. The third-order valence-corrected chi connectivity index (χ3v) is 3.25. The van der Waals surface area contributed by atoms with Gasteiger partial charge < -0.3 is 0 Å². The molecule has 1 aliphatic heterocycles. The molecule has 2 rings (SSSR count). The van der Waals surface area contributed by atoms with Crippen LogP contribution in [0.5, 0.6) is 0 Å². The third-order valence-electron chi connectivity index (χ3n) is 2.27. The van der Waals surface area contributed by atoms with Gasteiger partial charge in [0.1, 0.15) is 0 Å². The van der Waals surface area contributed by atoms with Gasteiger partial charge in [-0.1, -0.05) is 41.6 Å². The summed E-state index contributed by atoms with van der Waals surface area (Å²) >= 11 is 1.07. The molecular weight excluding hydrogens is 210 g/mol. The predicted molar refractivity (Wildman–Crippen MR) is 59.8 cm³/mol. The Bertz CT molecular complexity index is 417. The minimum atomic E-state index is -0.265. The molecule has 0 aliphatic carbocycles. The van der Waals surface area contributed by atoms with Gasteiger partial charge in [0.25, 0.3) is 5.24 Å². The number of hydrogen-bond donors (Lipinski definition) is 1. The van der Waals surface area contributed by atoms with E-state index in [0.717, 1.165) is 17.3 Å². The summed E-state index contributed by atoms with van der Waals surface area (Å²) in [6.45, 7) is 2.01. The second-order valence-electron chi connectivity index (χ2n) is 3.58. The van der Waals surface area contributed by atoms with Crippen molar-refractivity contribution < 1.29 is 9.59 Å². The summed E-state index contributed by atoms with van der Waals surface area (Å²) in [5.41, 5.74) is 2.26. The summed E-state index contributed by atoms with van der Waals surface area (Å²) in [7, 11) is 0. The maximum atomic E-state index is 11.3. The summed E-state index contributed by atoms with van der Waals surface area (Å²) < 4.78 is 0. The van der Waals surface area contributed by atoms with Crippen molar-refractivity contribution in [3.8, 4) is 0 Å².